The Hall–Kier alpha value is -1.18. The molecule has 4 fully saturated rings. The van der Waals surface area contributed by atoms with Gasteiger partial charge in [-0.3, -0.25) is 9.59 Å². The smallest absolute Gasteiger partial charge is 0.316 e. The van der Waals surface area contributed by atoms with Gasteiger partial charge in [0.1, 0.15) is 23.7 Å². The Morgan fingerprint density at radius 1 is 1.04 bits per heavy atom. The molecular formula is C36H66N2O9. The van der Waals surface area contributed by atoms with E-state index in [0.29, 0.717) is 39.0 Å². The van der Waals surface area contributed by atoms with Gasteiger partial charge in [0.25, 0.3) is 0 Å². The minimum atomic E-state index is -1.52. The number of aliphatic hydroxyl groups excluding tert-OH is 1. The molecule has 0 aromatic rings. The third-order valence-electron chi connectivity index (χ3n) is 10.8. The Bertz CT molecular complexity index is 1030. The van der Waals surface area contributed by atoms with Crippen LogP contribution in [0.3, 0.4) is 0 Å². The Morgan fingerprint density at radius 2 is 1.70 bits per heavy atom. The highest BCUT2D eigenvalue weighted by molar-refractivity contribution is 6.00. The van der Waals surface area contributed by atoms with Gasteiger partial charge in [0, 0.05) is 30.5 Å². The van der Waals surface area contributed by atoms with Crippen LogP contribution >= 0.6 is 0 Å². The van der Waals surface area contributed by atoms with Crippen LogP contribution in [0, 0.1) is 23.7 Å². The minimum Gasteiger partial charge on any atom is -0.459 e. The predicted octanol–water partition coefficient (Wildman–Crippen LogP) is 3.66. The van der Waals surface area contributed by atoms with E-state index in [2.05, 4.69) is 25.7 Å². The van der Waals surface area contributed by atoms with E-state index in [0.717, 1.165) is 13.0 Å². The van der Waals surface area contributed by atoms with Crippen molar-refractivity contribution in [2.45, 2.75) is 155 Å². The van der Waals surface area contributed by atoms with E-state index >= 15 is 0 Å². The van der Waals surface area contributed by atoms with E-state index < -0.39 is 59.7 Å². The normalized spacial score (nSPS) is 45.4. The summed E-state index contributed by atoms with van der Waals surface area (Å²) >= 11 is 0. The van der Waals surface area contributed by atoms with E-state index in [1.54, 1.807) is 20.8 Å². The van der Waals surface area contributed by atoms with Crippen LogP contribution in [-0.4, -0.2) is 132 Å². The molecule has 4 saturated heterocycles. The highest BCUT2D eigenvalue weighted by Gasteiger charge is 2.52. The van der Waals surface area contributed by atoms with Crippen LogP contribution in [0.2, 0.25) is 0 Å². The van der Waals surface area contributed by atoms with Crippen LogP contribution in [-0.2, 0) is 33.3 Å². The fourth-order valence-corrected chi connectivity index (χ4v) is 8.07. The molecule has 14 atom stereocenters. The van der Waals surface area contributed by atoms with Crippen LogP contribution in [0.5, 0.6) is 0 Å². The van der Waals surface area contributed by atoms with Gasteiger partial charge >= 0.3 is 5.97 Å². The first-order chi connectivity index (χ1) is 21.9. The monoisotopic (exact) mass is 670 g/mol. The summed E-state index contributed by atoms with van der Waals surface area (Å²) in [7, 11) is 3.84. The van der Waals surface area contributed by atoms with Gasteiger partial charge in [-0.05, 0) is 86.9 Å². The summed E-state index contributed by atoms with van der Waals surface area (Å²) in [5.74, 6) is -3.18. The molecule has 11 heteroatoms. The number of rotatable bonds is 6. The lowest BCUT2D eigenvalue weighted by molar-refractivity contribution is -0.299. The first-order valence-corrected chi connectivity index (χ1v) is 18.0. The van der Waals surface area contributed by atoms with E-state index in [9.17, 15) is 19.8 Å². The number of likely N-dealkylation sites (N-methyl/N-ethyl adjacent to an activating group) is 1. The first-order valence-electron chi connectivity index (χ1n) is 18.0. The zero-order chi connectivity index (χ0) is 35.4. The summed E-state index contributed by atoms with van der Waals surface area (Å²) in [6.45, 7) is 21.3. The minimum absolute atomic E-state index is 0.0100. The maximum absolute atomic E-state index is 14.3. The third-order valence-corrected chi connectivity index (χ3v) is 10.8. The second-order valence-electron chi connectivity index (χ2n) is 15.6. The molecule has 4 aliphatic heterocycles. The molecule has 4 rings (SSSR count). The van der Waals surface area contributed by atoms with Crippen molar-refractivity contribution in [1.29, 1.82) is 0 Å². The second-order valence-corrected chi connectivity index (χ2v) is 15.6. The topological polar surface area (TPSA) is 127 Å². The summed E-state index contributed by atoms with van der Waals surface area (Å²) in [6.07, 6.45) is -2.16. The number of esters is 1. The van der Waals surface area contributed by atoms with Crippen LogP contribution in [0.25, 0.3) is 0 Å². The number of nitrogens with zero attached hydrogens (tertiary/aromatic N) is 2. The number of ether oxygens (including phenoxy) is 5. The van der Waals surface area contributed by atoms with E-state index in [1.807, 2.05) is 46.7 Å². The van der Waals surface area contributed by atoms with Gasteiger partial charge in [-0.25, -0.2) is 0 Å². The molecule has 0 saturated carbocycles. The number of Topliss-reactive ketones (excluding diaryl/α,β-unsaturated/α-hetero) is 1. The molecule has 4 aliphatic rings. The lowest BCUT2D eigenvalue weighted by Gasteiger charge is -2.48. The molecule has 1 unspecified atom stereocenters. The van der Waals surface area contributed by atoms with Crippen molar-refractivity contribution in [2.24, 2.45) is 23.7 Å². The summed E-state index contributed by atoms with van der Waals surface area (Å²) in [4.78, 5) is 32.3. The van der Waals surface area contributed by atoms with Gasteiger partial charge in [-0.15, -0.1) is 0 Å². The molecule has 0 spiro atoms. The van der Waals surface area contributed by atoms with E-state index in [1.165, 1.54) is 0 Å². The second kappa shape index (κ2) is 16.7. The van der Waals surface area contributed by atoms with Crippen molar-refractivity contribution in [3.63, 3.8) is 0 Å². The van der Waals surface area contributed by atoms with Gasteiger partial charge in [-0.2, -0.15) is 0 Å². The number of hydrogen-bond acceptors (Lipinski definition) is 11. The van der Waals surface area contributed by atoms with Crippen molar-refractivity contribution < 1.29 is 43.5 Å². The van der Waals surface area contributed by atoms with Crippen molar-refractivity contribution in [3.05, 3.63) is 0 Å². The van der Waals surface area contributed by atoms with Crippen molar-refractivity contribution in [1.82, 2.24) is 9.80 Å². The quantitative estimate of drug-likeness (QED) is 0.318. The van der Waals surface area contributed by atoms with Gasteiger partial charge in [0.2, 0.25) is 0 Å². The molecule has 2 N–H and O–H groups in total. The number of fused-ring (bicyclic) bond motifs is 15. The zero-order valence-corrected chi connectivity index (χ0v) is 31.2. The first kappa shape index (κ1) is 40.3. The van der Waals surface area contributed by atoms with Crippen LogP contribution < -0.4 is 0 Å². The number of aliphatic hydroxyl groups is 2. The Balaban J connectivity index is 2.22. The Labute approximate surface area is 283 Å². The number of hydrogen-bond donors (Lipinski definition) is 2. The average Bonchev–Trinajstić information content (AvgIpc) is 3.00. The molecule has 0 aromatic heterocycles. The maximum atomic E-state index is 14.3. The highest BCUT2D eigenvalue weighted by Crippen LogP contribution is 2.38. The molecule has 4 heterocycles. The lowest BCUT2D eigenvalue weighted by Crippen LogP contribution is -2.60. The summed E-state index contributed by atoms with van der Waals surface area (Å²) in [5, 5.41) is 23.6. The fourth-order valence-electron chi connectivity index (χ4n) is 8.07. The largest absolute Gasteiger partial charge is 0.459 e. The maximum Gasteiger partial charge on any atom is 0.316 e. The lowest BCUT2D eigenvalue weighted by atomic mass is 9.79. The highest BCUT2D eigenvalue weighted by atomic mass is 16.7. The number of carbonyl (C=O) groups excluding carboxylic acids is 2. The summed E-state index contributed by atoms with van der Waals surface area (Å²) in [5.41, 5.74) is -2.53. The summed E-state index contributed by atoms with van der Waals surface area (Å²) in [6, 6.07) is -0.218. The molecule has 0 radical (unpaired) electrons. The van der Waals surface area contributed by atoms with Crippen LogP contribution in [0.4, 0.5) is 0 Å². The average molecular weight is 671 g/mol. The van der Waals surface area contributed by atoms with Gasteiger partial charge in [-0.1, -0.05) is 34.6 Å². The Morgan fingerprint density at radius 3 is 2.30 bits per heavy atom. The Kier molecular flexibility index (Phi) is 14.3. The molecular weight excluding hydrogens is 604 g/mol. The van der Waals surface area contributed by atoms with Crippen LogP contribution in [0.1, 0.15) is 94.9 Å². The SMILES string of the molecule is CCCN1C[C@H](C)[C@@H]2OCC(C)CO[C@](C)(C[C@H]1C)[C@H](O[C@@H]1O[C@H](C)C[C@H](N(C)C)[C@H]1O)[C@@H](C)C(=O)[C@@H](C)C(=O)O[C@H](CC)[C@@]2(C)O. The van der Waals surface area contributed by atoms with Crippen LogP contribution in [0.15, 0.2) is 0 Å². The fraction of sp³-hybridized carbons (Fsp3) is 0.944. The van der Waals surface area contributed by atoms with Gasteiger partial charge in [0.15, 0.2) is 12.1 Å². The third kappa shape index (κ3) is 9.34. The van der Waals surface area contributed by atoms with E-state index in [4.69, 9.17) is 23.7 Å². The van der Waals surface area contributed by atoms with Gasteiger partial charge < -0.3 is 43.7 Å². The molecule has 0 aliphatic carbocycles. The molecule has 0 amide bonds. The molecule has 2 bridgehead atoms. The molecule has 0 aromatic carbocycles. The zero-order valence-electron chi connectivity index (χ0n) is 31.2. The molecule has 47 heavy (non-hydrogen) atoms. The number of ketones is 1. The molecule has 274 valence electrons. The van der Waals surface area contributed by atoms with Gasteiger partial charge in [0.05, 0.1) is 37.1 Å². The van der Waals surface area contributed by atoms with Crippen molar-refractivity contribution in [2.75, 3.05) is 40.4 Å². The van der Waals surface area contributed by atoms with Crippen molar-refractivity contribution in [3.8, 4) is 0 Å². The standard InChI is InChI=1S/C36H66N2O9/c1-13-15-38-18-22(4)31-36(10,42)28(14-2)46-33(41)26(8)29(39)25(7)32(35(9,17-23(38)5)44-20-21(3)19-43-31)47-34-30(40)27(37(11)12)16-24(6)45-34/h21-28,30-32,34,40,42H,13-20H2,1-12H3/t21?,22-,23+,24+,25-,26+,27-,28+,30+,31-,32+,34-,35+,36+/m0/s1. The van der Waals surface area contributed by atoms with Crippen molar-refractivity contribution >= 4 is 11.8 Å². The summed E-state index contributed by atoms with van der Waals surface area (Å²) < 4.78 is 32.4. The van der Waals surface area contributed by atoms with E-state index in [-0.39, 0.29) is 35.8 Å². The number of carbonyl (C=O) groups is 2. The predicted molar refractivity (Wildman–Crippen MR) is 180 cm³/mol. The molecule has 11 nitrogen and oxygen atoms in total.